The molecule has 0 spiro atoms. The van der Waals surface area contributed by atoms with Gasteiger partial charge in [-0.1, -0.05) is 17.7 Å². The van der Waals surface area contributed by atoms with Crippen LogP contribution < -0.4 is 4.90 Å². The normalized spacial score (nSPS) is 10.1. The average Bonchev–Trinajstić information content (AvgIpc) is 2.44. The summed E-state index contributed by atoms with van der Waals surface area (Å²) in [5, 5.41) is 19.0. The Kier molecular flexibility index (Phi) is 4.16. The highest BCUT2D eigenvalue weighted by atomic mass is 35.5. The molecule has 0 aliphatic heterocycles. The predicted octanol–water partition coefficient (Wildman–Crippen LogP) is 4.38. The fourth-order valence-corrected chi connectivity index (χ4v) is 2.36. The SMILES string of the molecule is CCN(c1ccc(C#N)c(Cl)c1)c1cc(O)ccc1C. The molecule has 0 fully saturated rings. The van der Waals surface area contributed by atoms with Gasteiger partial charge in [-0.3, -0.25) is 0 Å². The van der Waals surface area contributed by atoms with Gasteiger partial charge in [0.2, 0.25) is 0 Å². The molecule has 4 heteroatoms. The van der Waals surface area contributed by atoms with E-state index in [9.17, 15) is 5.11 Å². The quantitative estimate of drug-likeness (QED) is 0.910. The molecule has 2 aromatic carbocycles. The van der Waals surface area contributed by atoms with Crippen LogP contribution in [0.4, 0.5) is 11.4 Å². The fourth-order valence-electron chi connectivity index (χ4n) is 2.14. The lowest BCUT2D eigenvalue weighted by atomic mass is 10.1. The lowest BCUT2D eigenvalue weighted by Gasteiger charge is -2.25. The van der Waals surface area contributed by atoms with Crippen molar-refractivity contribution in [3.05, 3.63) is 52.5 Å². The van der Waals surface area contributed by atoms with E-state index < -0.39 is 0 Å². The number of nitrogens with zero attached hydrogens (tertiary/aromatic N) is 2. The number of rotatable bonds is 3. The molecule has 0 saturated heterocycles. The van der Waals surface area contributed by atoms with Crippen LogP contribution in [0.25, 0.3) is 0 Å². The number of hydrogen-bond acceptors (Lipinski definition) is 3. The Hall–Kier alpha value is -2.18. The maximum absolute atomic E-state index is 9.67. The molecule has 0 aliphatic rings. The first kappa shape index (κ1) is 14.2. The maximum Gasteiger partial charge on any atom is 0.117 e. The highest BCUT2D eigenvalue weighted by Gasteiger charge is 2.12. The lowest BCUT2D eigenvalue weighted by molar-refractivity contribution is 0.475. The second kappa shape index (κ2) is 5.85. The number of phenols is 1. The Morgan fingerprint density at radius 3 is 2.60 bits per heavy atom. The summed E-state index contributed by atoms with van der Waals surface area (Å²) < 4.78 is 0. The summed E-state index contributed by atoms with van der Waals surface area (Å²) in [4.78, 5) is 2.04. The van der Waals surface area contributed by atoms with E-state index in [0.29, 0.717) is 10.6 Å². The molecule has 0 amide bonds. The van der Waals surface area contributed by atoms with Gasteiger partial charge < -0.3 is 10.0 Å². The van der Waals surface area contributed by atoms with Crippen molar-refractivity contribution in [3.8, 4) is 11.8 Å². The molecule has 0 atom stereocenters. The first-order valence-electron chi connectivity index (χ1n) is 6.33. The Balaban J connectivity index is 2.50. The van der Waals surface area contributed by atoms with Gasteiger partial charge in [-0.2, -0.15) is 5.26 Å². The lowest BCUT2D eigenvalue weighted by Crippen LogP contribution is -2.17. The monoisotopic (exact) mass is 286 g/mol. The van der Waals surface area contributed by atoms with Crippen molar-refractivity contribution in [1.82, 2.24) is 0 Å². The largest absolute Gasteiger partial charge is 0.508 e. The average molecular weight is 287 g/mol. The Morgan fingerprint density at radius 2 is 2.00 bits per heavy atom. The summed E-state index contributed by atoms with van der Waals surface area (Å²) in [6, 6.07) is 12.7. The summed E-state index contributed by atoms with van der Waals surface area (Å²) >= 11 is 6.09. The third kappa shape index (κ3) is 2.71. The number of aromatic hydroxyl groups is 1. The molecule has 0 saturated carbocycles. The zero-order chi connectivity index (χ0) is 14.7. The maximum atomic E-state index is 9.67. The van der Waals surface area contributed by atoms with Crippen molar-refractivity contribution in [2.75, 3.05) is 11.4 Å². The molecule has 1 N–H and O–H groups in total. The molecule has 2 rings (SSSR count). The van der Waals surface area contributed by atoms with Crippen molar-refractivity contribution >= 4 is 23.0 Å². The second-order valence-electron chi connectivity index (χ2n) is 4.49. The van der Waals surface area contributed by atoms with E-state index in [0.717, 1.165) is 23.5 Å². The zero-order valence-corrected chi connectivity index (χ0v) is 12.1. The molecular weight excluding hydrogens is 272 g/mol. The molecule has 20 heavy (non-hydrogen) atoms. The minimum Gasteiger partial charge on any atom is -0.508 e. The van der Waals surface area contributed by atoms with E-state index in [2.05, 4.69) is 0 Å². The molecule has 0 heterocycles. The summed E-state index contributed by atoms with van der Waals surface area (Å²) in [5.74, 6) is 0.226. The zero-order valence-electron chi connectivity index (χ0n) is 11.4. The van der Waals surface area contributed by atoms with Crippen molar-refractivity contribution in [3.63, 3.8) is 0 Å². The van der Waals surface area contributed by atoms with E-state index in [1.165, 1.54) is 0 Å². The summed E-state index contributed by atoms with van der Waals surface area (Å²) in [6.07, 6.45) is 0. The van der Waals surface area contributed by atoms with Crippen molar-refractivity contribution in [2.24, 2.45) is 0 Å². The molecule has 0 unspecified atom stereocenters. The van der Waals surface area contributed by atoms with E-state index in [1.807, 2.05) is 36.9 Å². The van der Waals surface area contributed by atoms with Gasteiger partial charge in [0.25, 0.3) is 0 Å². The van der Waals surface area contributed by atoms with Crippen molar-refractivity contribution in [1.29, 1.82) is 5.26 Å². The Morgan fingerprint density at radius 1 is 1.25 bits per heavy atom. The minimum absolute atomic E-state index is 0.226. The second-order valence-corrected chi connectivity index (χ2v) is 4.90. The Bertz CT molecular complexity index is 677. The molecular formula is C16H15ClN2O. The number of anilines is 2. The first-order chi connectivity index (χ1) is 9.56. The highest BCUT2D eigenvalue weighted by molar-refractivity contribution is 6.32. The number of hydrogen-bond donors (Lipinski definition) is 1. The number of nitriles is 1. The van der Waals surface area contributed by atoms with Crippen LogP contribution in [-0.4, -0.2) is 11.7 Å². The number of aryl methyl sites for hydroxylation is 1. The molecule has 2 aromatic rings. The van der Waals surface area contributed by atoms with Crippen LogP contribution >= 0.6 is 11.6 Å². The molecule has 0 aromatic heterocycles. The van der Waals surface area contributed by atoms with Crippen LogP contribution in [0.5, 0.6) is 5.75 Å². The summed E-state index contributed by atoms with van der Waals surface area (Å²) in [6.45, 7) is 4.74. The molecule has 0 radical (unpaired) electrons. The highest BCUT2D eigenvalue weighted by Crippen LogP contribution is 2.33. The van der Waals surface area contributed by atoms with Crippen LogP contribution in [0, 0.1) is 18.3 Å². The topological polar surface area (TPSA) is 47.3 Å². The van der Waals surface area contributed by atoms with Crippen LogP contribution in [0.2, 0.25) is 5.02 Å². The van der Waals surface area contributed by atoms with E-state index in [4.69, 9.17) is 16.9 Å². The van der Waals surface area contributed by atoms with Gasteiger partial charge in [-0.25, -0.2) is 0 Å². The number of halogens is 1. The van der Waals surface area contributed by atoms with Gasteiger partial charge in [0.05, 0.1) is 10.6 Å². The van der Waals surface area contributed by atoms with Crippen LogP contribution in [-0.2, 0) is 0 Å². The molecule has 0 aliphatic carbocycles. The predicted molar refractivity (Wildman–Crippen MR) is 81.7 cm³/mol. The van der Waals surface area contributed by atoms with Crippen LogP contribution in [0.3, 0.4) is 0 Å². The van der Waals surface area contributed by atoms with Gasteiger partial charge in [0.15, 0.2) is 0 Å². The van der Waals surface area contributed by atoms with E-state index >= 15 is 0 Å². The van der Waals surface area contributed by atoms with E-state index in [1.54, 1.807) is 24.3 Å². The van der Waals surface area contributed by atoms with Crippen LogP contribution in [0.15, 0.2) is 36.4 Å². The van der Waals surface area contributed by atoms with Crippen molar-refractivity contribution in [2.45, 2.75) is 13.8 Å². The molecule has 102 valence electrons. The summed E-state index contributed by atoms with van der Waals surface area (Å²) in [7, 11) is 0. The van der Waals surface area contributed by atoms with Gasteiger partial charge in [0, 0.05) is 24.0 Å². The first-order valence-corrected chi connectivity index (χ1v) is 6.71. The number of phenolic OH excluding ortho intramolecular Hbond substituents is 1. The Labute approximate surface area is 123 Å². The van der Waals surface area contributed by atoms with E-state index in [-0.39, 0.29) is 5.75 Å². The van der Waals surface area contributed by atoms with Gasteiger partial charge >= 0.3 is 0 Å². The molecule has 3 nitrogen and oxygen atoms in total. The molecule has 0 bridgehead atoms. The van der Waals surface area contributed by atoms with Crippen LogP contribution in [0.1, 0.15) is 18.1 Å². The minimum atomic E-state index is 0.226. The van der Waals surface area contributed by atoms with Gasteiger partial charge in [-0.05, 0) is 43.7 Å². The standard InChI is InChI=1S/C16H15ClN2O/c1-3-19(16-9-14(20)7-4-11(16)2)13-6-5-12(10-18)15(17)8-13/h4-9,20H,3H2,1-2H3. The van der Waals surface area contributed by atoms with Gasteiger partial charge in [0.1, 0.15) is 11.8 Å². The smallest absolute Gasteiger partial charge is 0.117 e. The summed E-state index contributed by atoms with van der Waals surface area (Å²) in [5.41, 5.74) is 3.34. The third-order valence-corrected chi connectivity index (χ3v) is 3.50. The van der Waals surface area contributed by atoms with Crippen molar-refractivity contribution < 1.29 is 5.11 Å². The third-order valence-electron chi connectivity index (χ3n) is 3.18. The number of benzene rings is 2. The fraction of sp³-hybridized carbons (Fsp3) is 0.188. The van der Waals surface area contributed by atoms with Gasteiger partial charge in [-0.15, -0.1) is 0 Å².